The third-order valence-corrected chi connectivity index (χ3v) is 21.6. The standard InChI is InChI=1S/C96H72BN3/c1-95(2,3)71-52-68-46-47-69-53-72(96(4,5)6)58-81-80(55-70(54-71)90(68)91(69)81)67-49-51-83-87(57-67)100(94-76(64-34-18-10-19-35-64)42-27-43-77(94)65-36-20-11-21-37-65)89-60-73(98-84-44-24-22-38-78(84)79-39-23-25-45-85(79)98)59-88-92(89)97(83)82-50-48-66(61-28-12-7-13-29-61)56-86(82)99(88)93-74(62-30-14-8-15-31-62)40-26-41-75(93)63-32-16-9-17-33-63/h7-60H,1-6H3. The monoisotopic (exact) mass is 1280 g/mol. The van der Waals surface area contributed by atoms with Crippen LogP contribution >= 0.6 is 0 Å². The summed E-state index contributed by atoms with van der Waals surface area (Å²) in [5, 5.41) is 10.2. The molecule has 0 saturated heterocycles. The van der Waals surface area contributed by atoms with Crippen LogP contribution in [0.4, 0.5) is 34.1 Å². The van der Waals surface area contributed by atoms with Crippen LogP contribution in [0.1, 0.15) is 52.7 Å². The Hall–Kier alpha value is -12.0. The number of aromatic nitrogens is 1. The van der Waals surface area contributed by atoms with Crippen molar-refractivity contribution in [3.63, 3.8) is 0 Å². The van der Waals surface area contributed by atoms with Gasteiger partial charge in [0.05, 0.1) is 28.1 Å². The van der Waals surface area contributed by atoms with Crippen molar-refractivity contribution >= 4 is 111 Å². The molecule has 2 aliphatic heterocycles. The molecular weight excluding hydrogens is 1210 g/mol. The van der Waals surface area contributed by atoms with Crippen molar-refractivity contribution in [2.75, 3.05) is 9.80 Å². The Morgan fingerprint density at radius 3 is 1.11 bits per heavy atom. The highest BCUT2D eigenvalue weighted by Gasteiger charge is 2.46. The first-order valence-electron chi connectivity index (χ1n) is 35.3. The first-order chi connectivity index (χ1) is 48.9. The molecule has 19 rings (SSSR count). The van der Waals surface area contributed by atoms with Crippen molar-refractivity contribution in [1.29, 1.82) is 0 Å². The summed E-state index contributed by atoms with van der Waals surface area (Å²) in [6.07, 6.45) is 0. The van der Waals surface area contributed by atoms with Crippen molar-refractivity contribution in [2.45, 2.75) is 52.4 Å². The van der Waals surface area contributed by atoms with Gasteiger partial charge in [-0.2, -0.15) is 0 Å². The van der Waals surface area contributed by atoms with Gasteiger partial charge in [0.25, 0.3) is 6.71 Å². The predicted octanol–water partition coefficient (Wildman–Crippen LogP) is 24.4. The van der Waals surface area contributed by atoms with Gasteiger partial charge in [-0.15, -0.1) is 0 Å². The SMILES string of the molecule is CC(C)(C)c1cc2ccc3cc(C(C)(C)C)cc4c(-c5ccc6c(c5)N(c5c(-c7ccccc7)cccc5-c5ccccc5)c5cc(-n7c8ccccc8c8ccccc87)cc7c5B6c5ccc(-c6ccccc6)cc5N7c5c(-c6ccccc6)cccc5-c5ccccc5)cc(c1)c2c34. The maximum atomic E-state index is 2.72. The van der Waals surface area contributed by atoms with Crippen LogP contribution in [0.15, 0.2) is 328 Å². The molecule has 3 nitrogen and oxygen atoms in total. The second-order valence-electron chi connectivity index (χ2n) is 29.6. The van der Waals surface area contributed by atoms with E-state index in [1.54, 1.807) is 0 Å². The predicted molar refractivity (Wildman–Crippen MR) is 429 cm³/mol. The summed E-state index contributed by atoms with van der Waals surface area (Å²) in [4.78, 5) is 5.40. The van der Waals surface area contributed by atoms with E-state index in [2.05, 4.69) is 383 Å². The highest BCUT2D eigenvalue weighted by atomic mass is 15.2. The topological polar surface area (TPSA) is 11.4 Å². The van der Waals surface area contributed by atoms with Crippen LogP contribution < -0.4 is 26.2 Å². The molecule has 474 valence electrons. The molecule has 0 radical (unpaired) electrons. The van der Waals surface area contributed by atoms with Gasteiger partial charge in [-0.25, -0.2) is 0 Å². The summed E-state index contributed by atoms with van der Waals surface area (Å²) >= 11 is 0. The molecule has 100 heavy (non-hydrogen) atoms. The highest BCUT2D eigenvalue weighted by molar-refractivity contribution is 7.00. The van der Waals surface area contributed by atoms with Gasteiger partial charge in [-0.1, -0.05) is 321 Å². The smallest absolute Gasteiger partial charge is 0.252 e. The number of benzene rings is 16. The molecule has 0 atom stereocenters. The summed E-state index contributed by atoms with van der Waals surface area (Å²) < 4.78 is 2.54. The number of hydrogen-bond donors (Lipinski definition) is 0. The van der Waals surface area contributed by atoms with E-state index < -0.39 is 0 Å². The van der Waals surface area contributed by atoms with Crippen LogP contribution in [0.25, 0.3) is 127 Å². The molecule has 0 spiro atoms. The van der Waals surface area contributed by atoms with Crippen LogP contribution in [0.5, 0.6) is 0 Å². The van der Waals surface area contributed by atoms with Gasteiger partial charge < -0.3 is 14.4 Å². The number of anilines is 6. The molecule has 0 aliphatic carbocycles. The lowest BCUT2D eigenvalue weighted by Gasteiger charge is -2.46. The molecular formula is C96H72BN3. The average Bonchev–Trinajstić information content (AvgIpc) is 0.784. The quantitative estimate of drug-likeness (QED) is 0.105. The van der Waals surface area contributed by atoms with E-state index >= 15 is 0 Å². The lowest BCUT2D eigenvalue weighted by atomic mass is 9.33. The second kappa shape index (κ2) is 22.8. The molecule has 0 fully saturated rings. The fourth-order valence-electron chi connectivity index (χ4n) is 16.8. The summed E-state index contributed by atoms with van der Waals surface area (Å²) in [7, 11) is 0. The van der Waals surface area contributed by atoms with Crippen LogP contribution in [0.2, 0.25) is 0 Å². The number of fused-ring (bicyclic) bond motifs is 7. The number of para-hydroxylation sites is 4. The Morgan fingerprint density at radius 2 is 0.650 bits per heavy atom. The van der Waals surface area contributed by atoms with Crippen molar-refractivity contribution in [3.8, 4) is 72.4 Å². The lowest BCUT2D eigenvalue weighted by Crippen LogP contribution is -2.61. The Labute approximate surface area is 585 Å². The van der Waals surface area contributed by atoms with Gasteiger partial charge in [-0.05, 0) is 164 Å². The molecule has 16 aromatic carbocycles. The van der Waals surface area contributed by atoms with Gasteiger partial charge in [0.2, 0.25) is 0 Å². The van der Waals surface area contributed by atoms with Gasteiger partial charge >= 0.3 is 0 Å². The van der Waals surface area contributed by atoms with Gasteiger partial charge in [-0.3, -0.25) is 0 Å². The number of rotatable bonds is 9. The lowest BCUT2D eigenvalue weighted by molar-refractivity contribution is 0.591. The van der Waals surface area contributed by atoms with Crippen LogP contribution in [0.3, 0.4) is 0 Å². The summed E-state index contributed by atoms with van der Waals surface area (Å²) in [6.45, 7) is 13.9. The van der Waals surface area contributed by atoms with Crippen LogP contribution in [0, 0.1) is 0 Å². The van der Waals surface area contributed by atoms with E-state index in [0.717, 1.165) is 101 Å². The van der Waals surface area contributed by atoms with E-state index in [9.17, 15) is 0 Å². The van der Waals surface area contributed by atoms with E-state index in [-0.39, 0.29) is 17.5 Å². The maximum absolute atomic E-state index is 2.72. The molecule has 2 aliphatic rings. The Kier molecular flexibility index (Phi) is 13.5. The largest absolute Gasteiger partial charge is 0.310 e. The number of nitrogens with zero attached hydrogens (tertiary/aromatic N) is 3. The number of hydrogen-bond acceptors (Lipinski definition) is 2. The normalized spacial score (nSPS) is 12.8. The van der Waals surface area contributed by atoms with Crippen molar-refractivity contribution in [2.24, 2.45) is 0 Å². The van der Waals surface area contributed by atoms with Gasteiger partial charge in [0, 0.05) is 55.8 Å². The Bertz CT molecular complexity index is 5930. The first-order valence-corrected chi connectivity index (χ1v) is 35.3. The Morgan fingerprint density at radius 1 is 0.260 bits per heavy atom. The third-order valence-electron chi connectivity index (χ3n) is 21.6. The van der Waals surface area contributed by atoms with Crippen molar-refractivity contribution in [3.05, 3.63) is 339 Å². The summed E-state index contributed by atoms with van der Waals surface area (Å²) in [5.74, 6) is 0. The second-order valence-corrected chi connectivity index (χ2v) is 29.6. The van der Waals surface area contributed by atoms with Gasteiger partial charge in [0.15, 0.2) is 0 Å². The molecule has 0 saturated carbocycles. The van der Waals surface area contributed by atoms with E-state index in [0.29, 0.717) is 0 Å². The molecule has 3 heterocycles. The average molecular weight is 1280 g/mol. The summed E-state index contributed by atoms with van der Waals surface area (Å²) in [6, 6.07) is 124. The molecule has 0 N–H and O–H groups in total. The van der Waals surface area contributed by atoms with Crippen LogP contribution in [-0.4, -0.2) is 11.3 Å². The minimum atomic E-state index is -0.234. The highest BCUT2D eigenvalue weighted by Crippen LogP contribution is 2.55. The molecule has 0 amide bonds. The fraction of sp³-hybridized carbons (Fsp3) is 0.0833. The zero-order valence-electron chi connectivity index (χ0n) is 57.1. The first kappa shape index (κ1) is 59.3. The van der Waals surface area contributed by atoms with E-state index in [4.69, 9.17) is 0 Å². The maximum Gasteiger partial charge on any atom is 0.252 e. The zero-order valence-corrected chi connectivity index (χ0v) is 57.1. The van der Waals surface area contributed by atoms with E-state index in [1.807, 2.05) is 0 Å². The van der Waals surface area contributed by atoms with Crippen LogP contribution in [-0.2, 0) is 10.8 Å². The van der Waals surface area contributed by atoms with Crippen molar-refractivity contribution < 1.29 is 0 Å². The molecule has 1 aromatic heterocycles. The minimum absolute atomic E-state index is 0.0657. The van der Waals surface area contributed by atoms with Crippen molar-refractivity contribution in [1.82, 2.24) is 4.57 Å². The molecule has 4 heteroatoms. The zero-order chi connectivity index (χ0) is 67.1. The fourth-order valence-corrected chi connectivity index (χ4v) is 16.8. The molecule has 0 unspecified atom stereocenters. The summed E-state index contributed by atoms with van der Waals surface area (Å²) in [5.41, 5.74) is 30.1. The molecule has 17 aromatic rings. The Balaban J connectivity index is 1.01. The third kappa shape index (κ3) is 9.41. The molecule has 0 bridgehead atoms. The minimum Gasteiger partial charge on any atom is -0.310 e. The van der Waals surface area contributed by atoms with E-state index in [1.165, 1.54) is 87.3 Å². The van der Waals surface area contributed by atoms with Gasteiger partial charge in [0.1, 0.15) is 0 Å².